The molecule has 0 spiro atoms. The molecule has 0 saturated carbocycles. The van der Waals surface area contributed by atoms with E-state index in [-0.39, 0.29) is 11.4 Å². The second-order valence-electron chi connectivity index (χ2n) is 5.33. The van der Waals surface area contributed by atoms with Crippen LogP contribution in [0.2, 0.25) is 0 Å². The van der Waals surface area contributed by atoms with Crippen molar-refractivity contribution in [3.05, 3.63) is 51.2 Å². The van der Waals surface area contributed by atoms with Gasteiger partial charge in [-0.2, -0.15) is 0 Å². The van der Waals surface area contributed by atoms with Gasteiger partial charge in [0.2, 0.25) is 0 Å². The van der Waals surface area contributed by atoms with Gasteiger partial charge in [0.15, 0.2) is 0 Å². The molecule has 108 valence electrons. The summed E-state index contributed by atoms with van der Waals surface area (Å²) in [7, 11) is 0. The van der Waals surface area contributed by atoms with Crippen LogP contribution in [0.5, 0.6) is 0 Å². The maximum Gasteiger partial charge on any atom is 0.123 e. The molecule has 0 aliphatic rings. The summed E-state index contributed by atoms with van der Waals surface area (Å²) < 4.78 is 13.4. The number of hydrogen-bond donors (Lipinski definition) is 1. The SMILES string of the molecule is CCNC(C)(Cc1cccc(F)c1)c1nc(C)c(C)s1. The third kappa shape index (κ3) is 3.25. The van der Waals surface area contributed by atoms with Crippen LogP contribution in [0.4, 0.5) is 4.39 Å². The monoisotopic (exact) mass is 292 g/mol. The Hall–Kier alpha value is -1.26. The van der Waals surface area contributed by atoms with Crippen molar-refractivity contribution in [1.29, 1.82) is 0 Å². The second kappa shape index (κ2) is 6.02. The summed E-state index contributed by atoms with van der Waals surface area (Å²) in [6.07, 6.45) is 0.727. The first-order valence-corrected chi connectivity index (χ1v) is 7.70. The minimum absolute atomic E-state index is 0.187. The number of hydrogen-bond acceptors (Lipinski definition) is 3. The van der Waals surface area contributed by atoms with Crippen molar-refractivity contribution in [3.63, 3.8) is 0 Å². The first-order chi connectivity index (χ1) is 9.44. The number of aromatic nitrogens is 1. The van der Waals surface area contributed by atoms with Crippen LogP contribution in [0.25, 0.3) is 0 Å². The molecular formula is C16H21FN2S. The van der Waals surface area contributed by atoms with Gasteiger partial charge in [0, 0.05) is 4.88 Å². The van der Waals surface area contributed by atoms with E-state index in [2.05, 4.69) is 31.1 Å². The molecule has 0 aliphatic carbocycles. The van der Waals surface area contributed by atoms with Crippen molar-refractivity contribution in [2.24, 2.45) is 0 Å². The Labute approximate surface area is 124 Å². The van der Waals surface area contributed by atoms with E-state index >= 15 is 0 Å². The van der Waals surface area contributed by atoms with Gasteiger partial charge >= 0.3 is 0 Å². The molecule has 0 amide bonds. The molecule has 20 heavy (non-hydrogen) atoms. The molecule has 1 atom stereocenters. The highest BCUT2D eigenvalue weighted by Gasteiger charge is 2.29. The van der Waals surface area contributed by atoms with E-state index in [1.807, 2.05) is 13.0 Å². The zero-order chi connectivity index (χ0) is 14.8. The molecule has 0 aliphatic heterocycles. The molecule has 2 nitrogen and oxygen atoms in total. The number of likely N-dealkylation sites (N-methyl/N-ethyl adjacent to an activating group) is 1. The number of nitrogens with one attached hydrogen (secondary N) is 1. The molecule has 1 aromatic carbocycles. The molecule has 0 radical (unpaired) electrons. The van der Waals surface area contributed by atoms with Crippen molar-refractivity contribution in [2.45, 2.75) is 39.7 Å². The topological polar surface area (TPSA) is 24.9 Å². The summed E-state index contributed by atoms with van der Waals surface area (Å²) in [5, 5.41) is 4.58. The zero-order valence-electron chi connectivity index (χ0n) is 12.5. The van der Waals surface area contributed by atoms with Crippen LogP contribution < -0.4 is 5.32 Å². The first kappa shape index (κ1) is 15.1. The lowest BCUT2D eigenvalue weighted by Gasteiger charge is -2.28. The highest BCUT2D eigenvalue weighted by molar-refractivity contribution is 7.11. The van der Waals surface area contributed by atoms with Crippen LogP contribution in [0, 0.1) is 19.7 Å². The third-order valence-corrected chi connectivity index (χ3v) is 4.85. The van der Waals surface area contributed by atoms with Gasteiger partial charge in [-0.3, -0.25) is 0 Å². The minimum Gasteiger partial charge on any atom is -0.306 e. The van der Waals surface area contributed by atoms with Crippen molar-refractivity contribution in [3.8, 4) is 0 Å². The van der Waals surface area contributed by atoms with Gasteiger partial charge < -0.3 is 5.32 Å². The second-order valence-corrected chi connectivity index (χ2v) is 6.53. The predicted molar refractivity (Wildman–Crippen MR) is 82.7 cm³/mol. The maximum atomic E-state index is 13.4. The number of halogens is 1. The lowest BCUT2D eigenvalue weighted by molar-refractivity contribution is 0.370. The minimum atomic E-state index is -0.258. The van der Waals surface area contributed by atoms with E-state index in [4.69, 9.17) is 0 Å². The quantitative estimate of drug-likeness (QED) is 0.902. The van der Waals surface area contributed by atoms with E-state index in [0.717, 1.165) is 29.2 Å². The first-order valence-electron chi connectivity index (χ1n) is 6.88. The molecule has 1 heterocycles. The fourth-order valence-electron chi connectivity index (χ4n) is 2.37. The lowest BCUT2D eigenvalue weighted by atomic mass is 9.93. The van der Waals surface area contributed by atoms with Gasteiger partial charge in [0.1, 0.15) is 10.8 Å². The summed E-state index contributed by atoms with van der Waals surface area (Å²) >= 11 is 1.72. The molecule has 1 aromatic heterocycles. The van der Waals surface area contributed by atoms with Gasteiger partial charge in [0.05, 0.1) is 11.2 Å². The number of nitrogens with zero attached hydrogens (tertiary/aromatic N) is 1. The summed E-state index contributed by atoms with van der Waals surface area (Å²) in [6.45, 7) is 9.19. The summed E-state index contributed by atoms with van der Waals surface area (Å²) in [5.41, 5.74) is 1.80. The van der Waals surface area contributed by atoms with Crippen molar-refractivity contribution < 1.29 is 4.39 Å². The van der Waals surface area contributed by atoms with Gasteiger partial charge in [0.25, 0.3) is 0 Å². The molecule has 2 rings (SSSR count). The van der Waals surface area contributed by atoms with Crippen molar-refractivity contribution in [2.75, 3.05) is 6.54 Å². The number of benzene rings is 1. The molecule has 0 saturated heterocycles. The molecule has 0 fully saturated rings. The molecule has 2 aromatic rings. The molecule has 1 unspecified atom stereocenters. The Kier molecular flexibility index (Phi) is 4.55. The predicted octanol–water partition coefficient (Wildman–Crippen LogP) is 3.97. The smallest absolute Gasteiger partial charge is 0.123 e. The van der Waals surface area contributed by atoms with E-state index in [9.17, 15) is 4.39 Å². The molecule has 4 heteroatoms. The van der Waals surface area contributed by atoms with Gasteiger partial charge in [-0.05, 0) is 51.4 Å². The van der Waals surface area contributed by atoms with E-state index in [1.54, 1.807) is 23.5 Å². The normalized spacial score (nSPS) is 14.2. The van der Waals surface area contributed by atoms with Gasteiger partial charge in [-0.15, -0.1) is 11.3 Å². The number of thiazole rings is 1. The highest BCUT2D eigenvalue weighted by Crippen LogP contribution is 2.30. The Morgan fingerprint density at radius 2 is 2.10 bits per heavy atom. The molecular weight excluding hydrogens is 271 g/mol. The van der Waals surface area contributed by atoms with E-state index in [1.165, 1.54) is 10.9 Å². The van der Waals surface area contributed by atoms with Crippen molar-refractivity contribution >= 4 is 11.3 Å². The zero-order valence-corrected chi connectivity index (χ0v) is 13.3. The van der Waals surface area contributed by atoms with E-state index < -0.39 is 0 Å². The van der Waals surface area contributed by atoms with Crippen molar-refractivity contribution in [1.82, 2.24) is 10.3 Å². The Morgan fingerprint density at radius 3 is 2.65 bits per heavy atom. The molecule has 0 bridgehead atoms. The maximum absolute atomic E-state index is 13.4. The summed E-state index contributed by atoms with van der Waals surface area (Å²) in [6, 6.07) is 6.80. The summed E-state index contributed by atoms with van der Waals surface area (Å²) in [5.74, 6) is -0.187. The van der Waals surface area contributed by atoms with Crippen LogP contribution in [0.1, 0.15) is 35.0 Å². The highest BCUT2D eigenvalue weighted by atomic mass is 32.1. The van der Waals surface area contributed by atoms with Gasteiger partial charge in [-0.25, -0.2) is 9.37 Å². The van der Waals surface area contributed by atoms with Crippen LogP contribution in [0.15, 0.2) is 24.3 Å². The third-order valence-electron chi connectivity index (χ3n) is 3.51. The lowest BCUT2D eigenvalue weighted by Crippen LogP contribution is -2.41. The van der Waals surface area contributed by atoms with Crippen LogP contribution in [-0.2, 0) is 12.0 Å². The largest absolute Gasteiger partial charge is 0.306 e. The fraction of sp³-hybridized carbons (Fsp3) is 0.438. The Balaban J connectivity index is 2.34. The van der Waals surface area contributed by atoms with Crippen LogP contribution in [-0.4, -0.2) is 11.5 Å². The Morgan fingerprint density at radius 1 is 1.35 bits per heavy atom. The van der Waals surface area contributed by atoms with Gasteiger partial charge in [-0.1, -0.05) is 19.1 Å². The van der Waals surface area contributed by atoms with Crippen LogP contribution in [0.3, 0.4) is 0 Å². The van der Waals surface area contributed by atoms with Crippen LogP contribution >= 0.6 is 11.3 Å². The standard InChI is InChI=1S/C16H21FN2S/c1-5-18-16(4,15-19-11(2)12(3)20-15)10-13-7-6-8-14(17)9-13/h6-9,18H,5,10H2,1-4H3. The average molecular weight is 292 g/mol. The summed E-state index contributed by atoms with van der Waals surface area (Å²) in [4.78, 5) is 5.92. The number of aryl methyl sites for hydroxylation is 2. The van der Waals surface area contributed by atoms with E-state index in [0.29, 0.717) is 0 Å². The Bertz CT molecular complexity index is 574. The molecule has 1 N–H and O–H groups in total. The number of rotatable bonds is 5. The fourth-order valence-corrected chi connectivity index (χ4v) is 3.40. The average Bonchev–Trinajstić information content (AvgIpc) is 2.70.